The molecule has 1 heterocycles. The number of carbonyl (C=O) groups is 1. The van der Waals surface area contributed by atoms with Gasteiger partial charge in [-0.15, -0.1) is 0 Å². The molecule has 1 saturated carbocycles. The number of hydrazine groups is 1. The maximum absolute atomic E-state index is 12.9. The van der Waals surface area contributed by atoms with Gasteiger partial charge in [-0.3, -0.25) is 20.6 Å². The van der Waals surface area contributed by atoms with E-state index in [0.29, 0.717) is 11.4 Å². The summed E-state index contributed by atoms with van der Waals surface area (Å²) in [6.45, 7) is 1.81. The fourth-order valence-corrected chi connectivity index (χ4v) is 2.70. The van der Waals surface area contributed by atoms with E-state index in [0.717, 1.165) is 11.1 Å². The van der Waals surface area contributed by atoms with Crippen molar-refractivity contribution < 1.29 is 27.1 Å². The lowest BCUT2D eigenvalue weighted by atomic mass is 9.91. The number of aromatic nitrogens is 2. The number of hydrogen-bond acceptors (Lipinski definition) is 5. The number of hydrogen-bond donors (Lipinski definition) is 2. The van der Waals surface area contributed by atoms with Crippen molar-refractivity contribution in [2.24, 2.45) is 0 Å². The fraction of sp³-hybridized carbons (Fsp3) is 0.353. The number of benzene rings is 1. The van der Waals surface area contributed by atoms with E-state index < -0.39 is 22.8 Å². The van der Waals surface area contributed by atoms with E-state index in [1.807, 2.05) is 22.9 Å². The van der Waals surface area contributed by atoms with Gasteiger partial charge in [0.15, 0.2) is 5.82 Å². The minimum atomic E-state index is -3.70. The van der Waals surface area contributed by atoms with Gasteiger partial charge in [-0.25, -0.2) is 13.8 Å². The van der Waals surface area contributed by atoms with Crippen molar-refractivity contribution in [2.45, 2.75) is 36.6 Å². The van der Waals surface area contributed by atoms with Crippen LogP contribution in [-0.2, 0) is 4.79 Å². The third kappa shape index (κ3) is 4.89. The Balaban J connectivity index is 1.63. The third-order valence-corrected chi connectivity index (χ3v) is 4.40. The second-order valence-corrected chi connectivity index (χ2v) is 7.34. The first-order chi connectivity index (χ1) is 13.0. The lowest BCUT2D eigenvalue weighted by molar-refractivity contribution is -0.134. The average molecular weight is 463 g/mol. The second-order valence-electron chi connectivity index (χ2n) is 6.34. The van der Waals surface area contributed by atoms with Gasteiger partial charge >= 0.3 is 10.7 Å². The molecule has 11 heteroatoms. The van der Waals surface area contributed by atoms with Crippen LogP contribution in [-0.4, -0.2) is 32.7 Å². The van der Waals surface area contributed by atoms with E-state index in [4.69, 9.17) is 4.74 Å². The van der Waals surface area contributed by atoms with Crippen LogP contribution in [0.15, 0.2) is 30.6 Å². The van der Waals surface area contributed by atoms with Crippen LogP contribution in [0.5, 0.6) is 5.75 Å². The Labute approximate surface area is 165 Å². The molecule has 1 amide bonds. The molecule has 0 bridgehead atoms. The molecule has 0 atom stereocenters. The fourth-order valence-electron chi connectivity index (χ4n) is 2.60. The monoisotopic (exact) mass is 462 g/mol. The van der Waals surface area contributed by atoms with Crippen LogP contribution in [0, 0.1) is 6.92 Å². The van der Waals surface area contributed by atoms with E-state index in [1.54, 1.807) is 23.6 Å². The van der Waals surface area contributed by atoms with Crippen molar-refractivity contribution >= 4 is 27.7 Å². The predicted molar refractivity (Wildman–Crippen MR) is 96.4 cm³/mol. The standard InChI is InChI=1S/C17H15BrF4N4O2/c1-9-4-10(28-11-5-16(19,20)6-11)2-3-12(9)13-7-24-14(8-23-13)25-26-15(27)17(18,21)22/h2-4,7-8,11H,5-6H2,1H3,(H,24,25)(H,26,27). The van der Waals surface area contributed by atoms with Crippen LogP contribution >= 0.6 is 15.9 Å². The number of anilines is 1. The van der Waals surface area contributed by atoms with Gasteiger partial charge in [0.1, 0.15) is 11.9 Å². The van der Waals surface area contributed by atoms with Crippen molar-refractivity contribution in [3.05, 3.63) is 36.2 Å². The number of aryl methyl sites for hydroxylation is 1. The summed E-state index contributed by atoms with van der Waals surface area (Å²) in [7, 11) is 0. The summed E-state index contributed by atoms with van der Waals surface area (Å²) in [4.78, 5) is 15.5. The molecule has 150 valence electrons. The molecule has 1 aromatic carbocycles. The minimum absolute atomic E-state index is 0.0670. The Morgan fingerprint density at radius 3 is 2.54 bits per heavy atom. The summed E-state index contributed by atoms with van der Waals surface area (Å²) < 4.78 is 56.7. The summed E-state index contributed by atoms with van der Waals surface area (Å²) in [5, 5.41) is 0. The first-order valence-corrected chi connectivity index (χ1v) is 8.93. The number of ether oxygens (including phenoxy) is 1. The van der Waals surface area contributed by atoms with Crippen LogP contribution in [0.4, 0.5) is 23.4 Å². The van der Waals surface area contributed by atoms with Crippen LogP contribution in [0.25, 0.3) is 11.3 Å². The zero-order chi connectivity index (χ0) is 20.5. The average Bonchev–Trinajstić information content (AvgIpc) is 2.58. The Morgan fingerprint density at radius 2 is 2.00 bits per heavy atom. The van der Waals surface area contributed by atoms with Gasteiger partial charge in [-0.2, -0.15) is 8.78 Å². The smallest absolute Gasteiger partial charge is 0.379 e. The molecule has 0 spiro atoms. The highest BCUT2D eigenvalue weighted by Gasteiger charge is 2.47. The third-order valence-electron chi connectivity index (χ3n) is 4.04. The largest absolute Gasteiger partial charge is 0.490 e. The summed E-state index contributed by atoms with van der Waals surface area (Å²) in [5.74, 6) is -3.66. The number of carbonyl (C=O) groups excluding carboxylic acids is 1. The van der Waals surface area contributed by atoms with Crippen molar-refractivity contribution in [1.29, 1.82) is 0 Å². The summed E-state index contributed by atoms with van der Waals surface area (Å²) >= 11 is 1.93. The highest BCUT2D eigenvalue weighted by molar-refractivity contribution is 9.10. The van der Waals surface area contributed by atoms with Crippen molar-refractivity contribution in [2.75, 3.05) is 5.43 Å². The first-order valence-electron chi connectivity index (χ1n) is 8.14. The number of rotatable bonds is 6. The van der Waals surface area contributed by atoms with E-state index in [2.05, 4.69) is 15.4 Å². The minimum Gasteiger partial charge on any atom is -0.490 e. The van der Waals surface area contributed by atoms with Crippen LogP contribution in [0.2, 0.25) is 0 Å². The lowest BCUT2D eigenvalue weighted by Crippen LogP contribution is -2.43. The van der Waals surface area contributed by atoms with Crippen LogP contribution in [0.3, 0.4) is 0 Å². The van der Waals surface area contributed by atoms with Gasteiger partial charge in [0, 0.05) is 34.3 Å². The zero-order valence-corrected chi connectivity index (χ0v) is 16.1. The Morgan fingerprint density at radius 1 is 1.29 bits per heavy atom. The molecule has 2 N–H and O–H groups in total. The molecule has 6 nitrogen and oxygen atoms in total. The predicted octanol–water partition coefficient (Wildman–Crippen LogP) is 4.06. The van der Waals surface area contributed by atoms with E-state index in [1.165, 1.54) is 12.4 Å². The summed E-state index contributed by atoms with van der Waals surface area (Å²) in [5.41, 5.74) is 6.06. The van der Waals surface area contributed by atoms with Gasteiger partial charge in [0.25, 0.3) is 5.92 Å². The number of nitrogens with zero attached hydrogens (tertiary/aromatic N) is 2. The Bertz CT molecular complexity index is 866. The number of nitrogens with one attached hydrogen (secondary N) is 2. The van der Waals surface area contributed by atoms with Crippen LogP contribution in [0.1, 0.15) is 18.4 Å². The molecule has 3 rings (SSSR count). The van der Waals surface area contributed by atoms with Crippen molar-refractivity contribution in [3.63, 3.8) is 0 Å². The molecule has 0 unspecified atom stereocenters. The van der Waals surface area contributed by atoms with Gasteiger partial charge in [0.2, 0.25) is 0 Å². The first kappa shape index (κ1) is 20.3. The Kier molecular flexibility index (Phi) is 5.46. The zero-order valence-electron chi connectivity index (χ0n) is 14.5. The molecule has 1 fully saturated rings. The lowest BCUT2D eigenvalue weighted by Gasteiger charge is -2.34. The molecular weight excluding hydrogens is 448 g/mol. The van der Waals surface area contributed by atoms with Crippen molar-refractivity contribution in [3.8, 4) is 17.0 Å². The summed E-state index contributed by atoms with van der Waals surface area (Å²) in [6, 6.07) is 5.11. The van der Waals surface area contributed by atoms with E-state index >= 15 is 0 Å². The molecule has 0 aliphatic heterocycles. The van der Waals surface area contributed by atoms with Gasteiger partial charge in [-0.1, -0.05) is 0 Å². The molecule has 0 radical (unpaired) electrons. The number of halogens is 5. The van der Waals surface area contributed by atoms with E-state index in [-0.39, 0.29) is 18.7 Å². The SMILES string of the molecule is Cc1cc(OC2CC(F)(F)C2)ccc1-c1cnc(NNC(=O)C(F)(F)Br)cn1. The molecule has 28 heavy (non-hydrogen) atoms. The topological polar surface area (TPSA) is 76.1 Å². The molecule has 1 aromatic heterocycles. The van der Waals surface area contributed by atoms with Crippen molar-refractivity contribution in [1.82, 2.24) is 15.4 Å². The highest BCUT2D eigenvalue weighted by atomic mass is 79.9. The van der Waals surface area contributed by atoms with Gasteiger partial charge < -0.3 is 4.74 Å². The molecular formula is C17H15BrF4N4O2. The van der Waals surface area contributed by atoms with E-state index in [9.17, 15) is 22.4 Å². The second kappa shape index (κ2) is 7.53. The molecule has 1 aliphatic rings. The maximum Gasteiger partial charge on any atom is 0.379 e. The van der Waals surface area contributed by atoms with Gasteiger partial charge in [0.05, 0.1) is 18.1 Å². The number of amides is 1. The normalized spacial score (nSPS) is 16.2. The Hall–Kier alpha value is -2.43. The van der Waals surface area contributed by atoms with Gasteiger partial charge in [-0.05, 0) is 30.7 Å². The van der Waals surface area contributed by atoms with Crippen LogP contribution < -0.4 is 15.6 Å². The number of alkyl halides is 5. The molecule has 0 saturated heterocycles. The molecule has 2 aromatic rings. The maximum atomic E-state index is 12.9. The highest BCUT2D eigenvalue weighted by Crippen LogP contribution is 2.40. The summed E-state index contributed by atoms with van der Waals surface area (Å²) in [6.07, 6.45) is 1.60. The quantitative estimate of drug-likeness (QED) is 0.384. The molecule has 1 aliphatic carbocycles.